The molecular formula is C15H7Cl4NO3. The van der Waals surface area contributed by atoms with Crippen LogP contribution in [0.5, 0.6) is 0 Å². The van der Waals surface area contributed by atoms with Crippen molar-refractivity contribution >= 4 is 64.0 Å². The standard InChI is InChI=1S/C15H7Cl4NO3/c16-10-4-1-8(7-12(10)20(22)23)2-6-13(21)9-3-5-11(17)15(19)14(9)18/h1-7H/b6-2+. The number of rotatable bonds is 4. The molecule has 0 fully saturated rings. The molecule has 0 spiro atoms. The summed E-state index contributed by atoms with van der Waals surface area (Å²) in [7, 11) is 0. The fraction of sp³-hybridized carbons (Fsp3) is 0. The zero-order chi connectivity index (χ0) is 17.1. The van der Waals surface area contributed by atoms with Gasteiger partial charge in [-0.05, 0) is 29.8 Å². The summed E-state index contributed by atoms with van der Waals surface area (Å²) >= 11 is 23.4. The third-order valence-electron chi connectivity index (χ3n) is 2.89. The van der Waals surface area contributed by atoms with Gasteiger partial charge in [0.15, 0.2) is 5.78 Å². The molecule has 0 atom stereocenters. The Morgan fingerprint density at radius 3 is 2.30 bits per heavy atom. The Morgan fingerprint density at radius 2 is 1.65 bits per heavy atom. The Labute approximate surface area is 151 Å². The molecule has 2 rings (SSSR count). The minimum atomic E-state index is -0.600. The monoisotopic (exact) mass is 389 g/mol. The van der Waals surface area contributed by atoms with Crippen LogP contribution >= 0.6 is 46.4 Å². The molecule has 0 aliphatic heterocycles. The Kier molecular flexibility index (Phi) is 5.65. The number of hydrogen-bond donors (Lipinski definition) is 0. The highest BCUT2D eigenvalue weighted by molar-refractivity contribution is 6.49. The van der Waals surface area contributed by atoms with Gasteiger partial charge in [-0.15, -0.1) is 0 Å². The van der Waals surface area contributed by atoms with Crippen LogP contribution in [0.15, 0.2) is 36.4 Å². The van der Waals surface area contributed by atoms with Crippen LogP contribution in [-0.2, 0) is 0 Å². The molecule has 0 radical (unpaired) electrons. The summed E-state index contributed by atoms with van der Waals surface area (Å²) in [6.45, 7) is 0. The van der Waals surface area contributed by atoms with E-state index < -0.39 is 10.7 Å². The van der Waals surface area contributed by atoms with Crippen molar-refractivity contribution in [2.45, 2.75) is 0 Å². The van der Waals surface area contributed by atoms with Crippen LogP contribution in [0.3, 0.4) is 0 Å². The van der Waals surface area contributed by atoms with E-state index in [-0.39, 0.29) is 31.3 Å². The molecule has 23 heavy (non-hydrogen) atoms. The van der Waals surface area contributed by atoms with Gasteiger partial charge in [-0.25, -0.2) is 0 Å². The first kappa shape index (κ1) is 17.8. The zero-order valence-electron chi connectivity index (χ0n) is 11.2. The van der Waals surface area contributed by atoms with E-state index in [2.05, 4.69) is 0 Å². The fourth-order valence-corrected chi connectivity index (χ4v) is 2.57. The largest absolute Gasteiger partial charge is 0.289 e. The van der Waals surface area contributed by atoms with Gasteiger partial charge in [-0.3, -0.25) is 14.9 Å². The lowest BCUT2D eigenvalue weighted by molar-refractivity contribution is -0.384. The average Bonchev–Trinajstić information content (AvgIpc) is 2.51. The maximum Gasteiger partial charge on any atom is 0.288 e. The van der Waals surface area contributed by atoms with E-state index in [1.165, 1.54) is 36.4 Å². The lowest BCUT2D eigenvalue weighted by Gasteiger charge is -2.04. The number of nitro benzene ring substituents is 1. The summed E-state index contributed by atoms with van der Waals surface area (Å²) in [6.07, 6.45) is 2.66. The first-order valence-corrected chi connectivity index (χ1v) is 7.62. The number of carbonyl (C=O) groups excluding carboxylic acids is 1. The third-order valence-corrected chi connectivity index (χ3v) is 4.51. The van der Waals surface area contributed by atoms with Gasteiger partial charge >= 0.3 is 0 Å². The van der Waals surface area contributed by atoms with Gasteiger partial charge in [0.1, 0.15) is 5.02 Å². The van der Waals surface area contributed by atoms with Crippen LogP contribution < -0.4 is 0 Å². The molecule has 0 saturated carbocycles. The highest BCUT2D eigenvalue weighted by atomic mass is 35.5. The number of nitro groups is 1. The number of ketones is 1. The second-order valence-electron chi connectivity index (χ2n) is 4.39. The molecule has 0 aliphatic carbocycles. The SMILES string of the molecule is O=C(/C=C/c1ccc(Cl)c([N+](=O)[O-])c1)c1ccc(Cl)c(Cl)c1Cl. The molecule has 0 unspecified atom stereocenters. The number of nitrogens with zero attached hydrogens (tertiary/aromatic N) is 1. The minimum Gasteiger partial charge on any atom is -0.289 e. The summed E-state index contributed by atoms with van der Waals surface area (Å²) in [4.78, 5) is 22.4. The second kappa shape index (κ2) is 7.32. The molecule has 4 nitrogen and oxygen atoms in total. The second-order valence-corrected chi connectivity index (χ2v) is 5.96. The van der Waals surface area contributed by atoms with Crippen LogP contribution in [0.4, 0.5) is 5.69 Å². The van der Waals surface area contributed by atoms with Gasteiger partial charge < -0.3 is 0 Å². The van der Waals surface area contributed by atoms with Gasteiger partial charge in [-0.1, -0.05) is 58.5 Å². The normalized spacial score (nSPS) is 11.0. The van der Waals surface area contributed by atoms with Crippen molar-refractivity contribution < 1.29 is 9.72 Å². The Bertz CT molecular complexity index is 834. The number of hydrogen-bond acceptors (Lipinski definition) is 3. The quantitative estimate of drug-likeness (QED) is 0.208. The van der Waals surface area contributed by atoms with Gasteiger partial charge in [0.05, 0.1) is 20.0 Å². The molecule has 0 heterocycles. The highest BCUT2D eigenvalue weighted by Gasteiger charge is 2.14. The van der Waals surface area contributed by atoms with Crippen molar-refractivity contribution in [2.24, 2.45) is 0 Å². The van der Waals surface area contributed by atoms with E-state index in [0.717, 1.165) is 0 Å². The molecule has 0 amide bonds. The van der Waals surface area contributed by atoms with E-state index >= 15 is 0 Å². The van der Waals surface area contributed by atoms with E-state index in [0.29, 0.717) is 5.56 Å². The van der Waals surface area contributed by atoms with Crippen LogP contribution in [0.25, 0.3) is 6.08 Å². The Hall–Kier alpha value is -1.59. The van der Waals surface area contributed by atoms with Gasteiger partial charge in [0.2, 0.25) is 0 Å². The van der Waals surface area contributed by atoms with Crippen molar-refractivity contribution in [1.82, 2.24) is 0 Å². The predicted molar refractivity (Wildman–Crippen MR) is 92.9 cm³/mol. The molecular weight excluding hydrogens is 384 g/mol. The molecule has 0 bridgehead atoms. The summed E-state index contributed by atoms with van der Waals surface area (Å²) < 4.78 is 0. The average molecular weight is 391 g/mol. The molecule has 0 aromatic heterocycles. The van der Waals surface area contributed by atoms with Crippen LogP contribution in [-0.4, -0.2) is 10.7 Å². The number of allylic oxidation sites excluding steroid dienone is 1. The van der Waals surface area contributed by atoms with Crippen LogP contribution in [0.1, 0.15) is 15.9 Å². The maximum absolute atomic E-state index is 12.2. The van der Waals surface area contributed by atoms with Crippen molar-refractivity contribution in [2.75, 3.05) is 0 Å². The Balaban J connectivity index is 2.30. The Morgan fingerprint density at radius 1 is 1.00 bits per heavy atom. The molecule has 2 aromatic rings. The third kappa shape index (κ3) is 4.03. The summed E-state index contributed by atoms with van der Waals surface area (Å²) in [5.74, 6) is -0.411. The topological polar surface area (TPSA) is 60.2 Å². The first-order valence-electron chi connectivity index (χ1n) is 6.11. The molecule has 0 aliphatic rings. The molecule has 8 heteroatoms. The van der Waals surface area contributed by atoms with Crippen molar-refractivity contribution in [3.05, 3.63) is 77.7 Å². The molecule has 0 N–H and O–H groups in total. The smallest absolute Gasteiger partial charge is 0.288 e. The maximum atomic E-state index is 12.2. The van der Waals surface area contributed by atoms with Gasteiger partial charge in [0.25, 0.3) is 5.69 Å². The van der Waals surface area contributed by atoms with Crippen molar-refractivity contribution in [1.29, 1.82) is 0 Å². The number of halogens is 4. The zero-order valence-corrected chi connectivity index (χ0v) is 14.2. The summed E-state index contributed by atoms with van der Waals surface area (Å²) in [5.41, 5.74) is 0.389. The van der Waals surface area contributed by atoms with E-state index in [1.807, 2.05) is 0 Å². The lowest BCUT2D eigenvalue weighted by atomic mass is 10.1. The van der Waals surface area contributed by atoms with Crippen molar-refractivity contribution in [3.8, 4) is 0 Å². The molecule has 2 aromatic carbocycles. The van der Waals surface area contributed by atoms with E-state index in [4.69, 9.17) is 46.4 Å². The highest BCUT2D eigenvalue weighted by Crippen LogP contribution is 2.33. The summed E-state index contributed by atoms with van der Waals surface area (Å²) in [5, 5.41) is 11.2. The summed E-state index contributed by atoms with van der Waals surface area (Å²) in [6, 6.07) is 7.12. The minimum absolute atomic E-state index is 0.0194. The molecule has 0 saturated heterocycles. The van der Waals surface area contributed by atoms with Gasteiger partial charge in [0, 0.05) is 11.6 Å². The fourth-order valence-electron chi connectivity index (χ4n) is 1.75. The van der Waals surface area contributed by atoms with Crippen LogP contribution in [0, 0.1) is 10.1 Å². The van der Waals surface area contributed by atoms with Crippen LogP contribution in [0.2, 0.25) is 20.1 Å². The number of carbonyl (C=O) groups is 1. The molecule has 118 valence electrons. The number of benzene rings is 2. The first-order chi connectivity index (χ1) is 10.8. The van der Waals surface area contributed by atoms with Gasteiger partial charge in [-0.2, -0.15) is 0 Å². The lowest BCUT2D eigenvalue weighted by Crippen LogP contribution is -1.96. The van der Waals surface area contributed by atoms with Crippen molar-refractivity contribution in [3.63, 3.8) is 0 Å². The van der Waals surface area contributed by atoms with E-state index in [9.17, 15) is 14.9 Å². The predicted octanol–water partition coefficient (Wildman–Crippen LogP) is 6.10. The van der Waals surface area contributed by atoms with E-state index in [1.54, 1.807) is 6.07 Å².